The predicted octanol–water partition coefficient (Wildman–Crippen LogP) is 7.10. The molecule has 3 aromatic heterocycles. The fourth-order valence-corrected chi connectivity index (χ4v) is 5.42. The third-order valence-electron chi connectivity index (χ3n) is 3.59. The molecule has 1 aliphatic heterocycles. The average molecular weight is 354 g/mol. The van der Waals surface area contributed by atoms with E-state index in [-0.39, 0.29) is 0 Å². The fourth-order valence-electron chi connectivity index (χ4n) is 2.57. The molecule has 2 nitrogen and oxygen atoms in total. The SMILES string of the molecule is c1csc(-c2sc(-c3cccs3)c3c2Oc2ccccc2O3)c1. The summed E-state index contributed by atoms with van der Waals surface area (Å²) in [6.45, 7) is 0. The first-order chi connectivity index (χ1) is 11.4. The van der Waals surface area contributed by atoms with Crippen LogP contribution in [0.3, 0.4) is 0 Å². The standard InChI is InChI=1S/C18H10O2S3/c1-2-6-12-11(5-1)19-15-16(20-12)18(14-8-4-10-22-14)23-17(15)13-7-3-9-21-13/h1-10H. The smallest absolute Gasteiger partial charge is 0.190 e. The number of hydrogen-bond acceptors (Lipinski definition) is 5. The molecule has 23 heavy (non-hydrogen) atoms. The van der Waals surface area contributed by atoms with Crippen LogP contribution < -0.4 is 9.47 Å². The monoisotopic (exact) mass is 354 g/mol. The minimum absolute atomic E-state index is 0.772. The molecule has 5 rings (SSSR count). The van der Waals surface area contributed by atoms with Crippen molar-refractivity contribution in [3.05, 3.63) is 59.3 Å². The Morgan fingerprint density at radius 3 is 1.57 bits per heavy atom. The highest BCUT2D eigenvalue weighted by Gasteiger charge is 2.29. The maximum Gasteiger partial charge on any atom is 0.190 e. The molecule has 112 valence electrons. The first-order valence-electron chi connectivity index (χ1n) is 7.09. The van der Waals surface area contributed by atoms with Gasteiger partial charge in [0.2, 0.25) is 0 Å². The van der Waals surface area contributed by atoms with Crippen LogP contribution in [0.15, 0.2) is 59.3 Å². The van der Waals surface area contributed by atoms with Gasteiger partial charge >= 0.3 is 0 Å². The van der Waals surface area contributed by atoms with E-state index in [2.05, 4.69) is 35.0 Å². The molecule has 0 saturated carbocycles. The molecule has 0 aliphatic carbocycles. The molecule has 0 amide bonds. The molecule has 1 aliphatic rings. The Hall–Kier alpha value is -2.08. The highest BCUT2D eigenvalue weighted by molar-refractivity contribution is 7.26. The number of ether oxygens (including phenoxy) is 2. The third-order valence-corrected chi connectivity index (χ3v) is 6.84. The van der Waals surface area contributed by atoms with Crippen LogP contribution in [0.2, 0.25) is 0 Å². The topological polar surface area (TPSA) is 18.5 Å². The van der Waals surface area contributed by atoms with Crippen molar-refractivity contribution in [2.24, 2.45) is 0 Å². The first-order valence-corrected chi connectivity index (χ1v) is 9.67. The normalized spacial score (nSPS) is 12.2. The van der Waals surface area contributed by atoms with Gasteiger partial charge in [-0.3, -0.25) is 0 Å². The van der Waals surface area contributed by atoms with Gasteiger partial charge in [0.15, 0.2) is 23.0 Å². The molecule has 0 unspecified atom stereocenters. The molecule has 4 heterocycles. The van der Waals surface area contributed by atoms with E-state index in [1.807, 2.05) is 24.3 Å². The largest absolute Gasteiger partial charge is 0.448 e. The van der Waals surface area contributed by atoms with Crippen LogP contribution in [0.4, 0.5) is 0 Å². The zero-order valence-corrected chi connectivity index (χ0v) is 14.3. The van der Waals surface area contributed by atoms with Crippen molar-refractivity contribution < 1.29 is 9.47 Å². The second kappa shape index (κ2) is 5.23. The Labute approximate surface area is 145 Å². The summed E-state index contributed by atoms with van der Waals surface area (Å²) in [6, 6.07) is 16.2. The van der Waals surface area contributed by atoms with Gasteiger partial charge in [-0.15, -0.1) is 34.0 Å². The Balaban J connectivity index is 1.74. The van der Waals surface area contributed by atoms with Crippen LogP contribution >= 0.6 is 34.0 Å². The summed E-state index contributed by atoms with van der Waals surface area (Å²) < 4.78 is 12.4. The van der Waals surface area contributed by atoms with Crippen LogP contribution in [-0.2, 0) is 0 Å². The maximum atomic E-state index is 6.21. The van der Waals surface area contributed by atoms with Gasteiger partial charge in [0.1, 0.15) is 0 Å². The van der Waals surface area contributed by atoms with Crippen molar-refractivity contribution in [1.82, 2.24) is 0 Å². The van der Waals surface area contributed by atoms with Crippen molar-refractivity contribution in [3.63, 3.8) is 0 Å². The summed E-state index contributed by atoms with van der Waals surface area (Å²) in [5.41, 5.74) is 0. The lowest BCUT2D eigenvalue weighted by molar-refractivity contribution is 0.364. The van der Waals surface area contributed by atoms with E-state index in [0.29, 0.717) is 0 Å². The number of hydrogen-bond donors (Lipinski definition) is 0. The highest BCUT2D eigenvalue weighted by Crippen LogP contribution is 2.59. The summed E-state index contributed by atoms with van der Waals surface area (Å²) in [5.74, 6) is 3.21. The van der Waals surface area contributed by atoms with Crippen LogP contribution in [-0.4, -0.2) is 0 Å². The highest BCUT2D eigenvalue weighted by atomic mass is 32.1. The van der Waals surface area contributed by atoms with Crippen LogP contribution in [0.25, 0.3) is 19.5 Å². The van der Waals surface area contributed by atoms with E-state index in [0.717, 1.165) is 32.8 Å². The molecule has 1 aromatic carbocycles. The van der Waals surface area contributed by atoms with Crippen molar-refractivity contribution in [1.29, 1.82) is 0 Å². The average Bonchev–Trinajstić information content (AvgIpc) is 3.32. The van der Waals surface area contributed by atoms with E-state index >= 15 is 0 Å². The first kappa shape index (κ1) is 13.4. The molecule has 0 saturated heterocycles. The van der Waals surface area contributed by atoms with Crippen molar-refractivity contribution >= 4 is 34.0 Å². The van der Waals surface area contributed by atoms with E-state index in [4.69, 9.17) is 9.47 Å². The van der Waals surface area contributed by atoms with Gasteiger partial charge in [0, 0.05) is 9.75 Å². The zero-order chi connectivity index (χ0) is 15.2. The fraction of sp³-hybridized carbons (Fsp3) is 0. The lowest BCUT2D eigenvalue weighted by atomic mass is 10.2. The lowest BCUT2D eigenvalue weighted by Gasteiger charge is -2.19. The molecule has 0 bridgehead atoms. The molecule has 5 heteroatoms. The number of rotatable bonds is 2. The minimum Gasteiger partial charge on any atom is -0.448 e. The van der Waals surface area contributed by atoms with Crippen molar-refractivity contribution in [2.45, 2.75) is 0 Å². The molecular formula is C18H10O2S3. The third kappa shape index (κ3) is 2.12. The summed E-state index contributed by atoms with van der Waals surface area (Å²) in [6.07, 6.45) is 0. The maximum absolute atomic E-state index is 6.21. The van der Waals surface area contributed by atoms with Crippen LogP contribution in [0, 0.1) is 0 Å². The van der Waals surface area contributed by atoms with Gasteiger partial charge in [0.25, 0.3) is 0 Å². The Morgan fingerprint density at radius 2 is 1.13 bits per heavy atom. The number of para-hydroxylation sites is 2. The van der Waals surface area contributed by atoms with Crippen molar-refractivity contribution in [2.75, 3.05) is 0 Å². The summed E-state index contributed by atoms with van der Waals surface area (Å²) in [4.78, 5) is 4.68. The van der Waals surface area contributed by atoms with E-state index in [1.165, 1.54) is 9.75 Å². The molecule has 0 radical (unpaired) electrons. The molecule has 0 spiro atoms. The van der Waals surface area contributed by atoms with Crippen LogP contribution in [0.1, 0.15) is 0 Å². The second-order valence-electron chi connectivity index (χ2n) is 5.02. The quantitative estimate of drug-likeness (QED) is 0.336. The molecule has 0 fully saturated rings. The number of fused-ring (bicyclic) bond motifs is 2. The van der Waals surface area contributed by atoms with E-state index < -0.39 is 0 Å². The predicted molar refractivity (Wildman–Crippen MR) is 97.5 cm³/mol. The Bertz CT molecular complexity index is 888. The molecule has 4 aromatic rings. The molecule has 0 atom stereocenters. The molecule has 0 N–H and O–H groups in total. The Morgan fingerprint density at radius 1 is 0.609 bits per heavy atom. The van der Waals surface area contributed by atoms with E-state index in [9.17, 15) is 0 Å². The summed E-state index contributed by atoms with van der Waals surface area (Å²) in [5, 5.41) is 4.17. The van der Waals surface area contributed by atoms with E-state index in [1.54, 1.807) is 34.0 Å². The van der Waals surface area contributed by atoms with Gasteiger partial charge in [-0.25, -0.2) is 0 Å². The van der Waals surface area contributed by atoms with Gasteiger partial charge in [-0.1, -0.05) is 24.3 Å². The van der Waals surface area contributed by atoms with Crippen molar-refractivity contribution in [3.8, 4) is 42.5 Å². The number of thiophene rings is 3. The zero-order valence-electron chi connectivity index (χ0n) is 11.8. The summed E-state index contributed by atoms with van der Waals surface area (Å²) >= 11 is 5.17. The van der Waals surface area contributed by atoms with Gasteiger partial charge in [-0.05, 0) is 35.0 Å². The van der Waals surface area contributed by atoms with Gasteiger partial charge < -0.3 is 9.47 Å². The minimum atomic E-state index is 0.772. The lowest BCUT2D eigenvalue weighted by Crippen LogP contribution is -1.97. The van der Waals surface area contributed by atoms with Gasteiger partial charge in [-0.2, -0.15) is 0 Å². The van der Waals surface area contributed by atoms with Crippen LogP contribution in [0.5, 0.6) is 23.0 Å². The van der Waals surface area contributed by atoms with Gasteiger partial charge in [0.05, 0.1) is 9.75 Å². The Kier molecular flexibility index (Phi) is 3.04. The number of benzene rings is 1. The second-order valence-corrected chi connectivity index (χ2v) is 7.94. The summed E-state index contributed by atoms with van der Waals surface area (Å²) in [7, 11) is 0. The molecular weight excluding hydrogens is 344 g/mol.